The second-order valence-corrected chi connectivity index (χ2v) is 6.71. The molecule has 0 spiro atoms. The summed E-state index contributed by atoms with van der Waals surface area (Å²) in [5.41, 5.74) is -0.00172. The summed E-state index contributed by atoms with van der Waals surface area (Å²) in [4.78, 5) is 0.774. The first-order valence-electron chi connectivity index (χ1n) is 5.00. The van der Waals surface area contributed by atoms with Crippen LogP contribution in [0, 0.1) is 11.6 Å². The Labute approximate surface area is 126 Å². The zero-order valence-corrected chi connectivity index (χ0v) is 12.8. The van der Waals surface area contributed by atoms with Gasteiger partial charge in [0.05, 0.1) is 5.38 Å². The molecular weight excluding hydrogens is 365 g/mol. The monoisotopic (exact) mass is 370 g/mol. The van der Waals surface area contributed by atoms with Gasteiger partial charge in [0.2, 0.25) is 0 Å². The first-order valence-corrected chi connectivity index (χ1v) is 7.43. The molecule has 0 aliphatic heterocycles. The number of benzene rings is 1. The van der Waals surface area contributed by atoms with Gasteiger partial charge in [0.1, 0.15) is 16.0 Å². The van der Waals surface area contributed by atoms with E-state index in [0.29, 0.717) is 4.34 Å². The lowest BCUT2D eigenvalue weighted by atomic mass is 10.1. The van der Waals surface area contributed by atoms with Crippen LogP contribution in [0.5, 0.6) is 0 Å². The van der Waals surface area contributed by atoms with E-state index >= 15 is 0 Å². The van der Waals surface area contributed by atoms with E-state index in [1.54, 1.807) is 6.07 Å². The molecule has 0 aliphatic rings. The minimum atomic E-state index is -0.581. The Bertz CT molecular complexity index is 531. The van der Waals surface area contributed by atoms with Gasteiger partial charge in [-0.25, -0.2) is 8.78 Å². The predicted octanol–water partition coefficient (Wildman–Crippen LogP) is 5.96. The van der Waals surface area contributed by atoms with Crippen molar-refractivity contribution >= 4 is 50.5 Å². The lowest BCUT2D eigenvalue weighted by molar-refractivity contribution is 0.553. The minimum absolute atomic E-state index is 0.00172. The molecule has 96 valence electrons. The van der Waals surface area contributed by atoms with Crippen molar-refractivity contribution in [2.24, 2.45) is 0 Å². The van der Waals surface area contributed by atoms with Crippen LogP contribution in [-0.2, 0) is 6.42 Å². The number of hydrogen-bond acceptors (Lipinski definition) is 1. The first kappa shape index (κ1) is 14.3. The third-order valence-electron chi connectivity index (χ3n) is 2.42. The van der Waals surface area contributed by atoms with Gasteiger partial charge in [0.25, 0.3) is 0 Å². The Morgan fingerprint density at radius 1 is 1.28 bits per heavy atom. The van der Waals surface area contributed by atoms with Crippen LogP contribution in [0.4, 0.5) is 8.78 Å². The normalized spacial score (nSPS) is 12.7. The van der Waals surface area contributed by atoms with Gasteiger partial charge in [0, 0.05) is 14.9 Å². The van der Waals surface area contributed by atoms with Gasteiger partial charge in [-0.3, -0.25) is 0 Å². The van der Waals surface area contributed by atoms with Crippen molar-refractivity contribution in [3.05, 3.63) is 55.1 Å². The van der Waals surface area contributed by atoms with Gasteiger partial charge in [-0.05, 0) is 40.5 Å². The topological polar surface area (TPSA) is 0 Å². The van der Waals surface area contributed by atoms with Crippen molar-refractivity contribution in [3.63, 3.8) is 0 Å². The molecule has 0 bridgehead atoms. The Hall–Kier alpha value is -0.160. The molecule has 6 heteroatoms. The highest BCUT2D eigenvalue weighted by atomic mass is 79.9. The van der Waals surface area contributed by atoms with Crippen LogP contribution in [-0.4, -0.2) is 0 Å². The SMILES string of the molecule is Fc1cccc(F)c1CC(Cl)c1cc(Br)c(Cl)s1. The molecule has 1 aromatic heterocycles. The molecule has 1 atom stereocenters. The van der Waals surface area contributed by atoms with E-state index in [1.165, 1.54) is 29.5 Å². The van der Waals surface area contributed by atoms with E-state index in [0.717, 1.165) is 9.35 Å². The molecule has 1 aromatic carbocycles. The second-order valence-electron chi connectivity index (χ2n) is 3.64. The highest BCUT2D eigenvalue weighted by Crippen LogP contribution is 2.39. The van der Waals surface area contributed by atoms with E-state index in [4.69, 9.17) is 23.2 Å². The van der Waals surface area contributed by atoms with Crippen LogP contribution >= 0.6 is 50.5 Å². The van der Waals surface area contributed by atoms with E-state index in [9.17, 15) is 8.78 Å². The van der Waals surface area contributed by atoms with E-state index in [1.807, 2.05) is 0 Å². The van der Waals surface area contributed by atoms with Crippen LogP contribution in [0.2, 0.25) is 4.34 Å². The molecule has 0 saturated carbocycles. The first-order chi connectivity index (χ1) is 8.49. The van der Waals surface area contributed by atoms with E-state index < -0.39 is 17.0 Å². The maximum atomic E-state index is 13.5. The van der Waals surface area contributed by atoms with Crippen molar-refractivity contribution in [1.29, 1.82) is 0 Å². The highest BCUT2D eigenvalue weighted by Gasteiger charge is 2.18. The van der Waals surface area contributed by atoms with Gasteiger partial charge in [0.15, 0.2) is 0 Å². The number of rotatable bonds is 3. The molecule has 0 saturated heterocycles. The van der Waals surface area contributed by atoms with Crippen LogP contribution in [0.25, 0.3) is 0 Å². The smallest absolute Gasteiger partial charge is 0.129 e. The molecule has 0 nitrogen and oxygen atoms in total. The molecule has 18 heavy (non-hydrogen) atoms. The highest BCUT2D eigenvalue weighted by molar-refractivity contribution is 9.10. The summed E-state index contributed by atoms with van der Waals surface area (Å²) in [6.07, 6.45) is 0.0867. The number of hydrogen-bond donors (Lipinski definition) is 0. The zero-order chi connectivity index (χ0) is 13.3. The quantitative estimate of drug-likeness (QED) is 0.583. The largest absolute Gasteiger partial charge is 0.207 e. The summed E-state index contributed by atoms with van der Waals surface area (Å²) in [5.74, 6) is -1.16. The third-order valence-corrected chi connectivity index (χ3v) is 5.53. The number of thiophene rings is 1. The Morgan fingerprint density at radius 3 is 2.39 bits per heavy atom. The van der Waals surface area contributed by atoms with Crippen LogP contribution < -0.4 is 0 Å². The lowest BCUT2D eigenvalue weighted by Crippen LogP contribution is -2.00. The molecule has 1 heterocycles. The fraction of sp³-hybridized carbons (Fsp3) is 0.167. The third kappa shape index (κ3) is 3.05. The number of alkyl halides is 1. The molecular formula is C12H7BrCl2F2S. The molecule has 1 unspecified atom stereocenters. The van der Waals surface area contributed by atoms with Crippen molar-refractivity contribution in [2.45, 2.75) is 11.8 Å². The zero-order valence-electron chi connectivity index (χ0n) is 8.89. The van der Waals surface area contributed by atoms with Gasteiger partial charge >= 0.3 is 0 Å². The van der Waals surface area contributed by atoms with Crippen LogP contribution in [0.3, 0.4) is 0 Å². The summed E-state index contributed by atoms with van der Waals surface area (Å²) in [5, 5.41) is -0.509. The van der Waals surface area contributed by atoms with Gasteiger partial charge < -0.3 is 0 Å². The molecule has 0 aliphatic carbocycles. The van der Waals surface area contributed by atoms with Gasteiger partial charge in [-0.2, -0.15) is 0 Å². The molecule has 0 N–H and O–H groups in total. The van der Waals surface area contributed by atoms with Crippen LogP contribution in [0.1, 0.15) is 15.8 Å². The summed E-state index contributed by atoms with van der Waals surface area (Å²) >= 11 is 16.6. The molecule has 0 fully saturated rings. The Kier molecular flexibility index (Phi) is 4.64. The lowest BCUT2D eigenvalue weighted by Gasteiger charge is -2.09. The van der Waals surface area contributed by atoms with Gasteiger partial charge in [-0.1, -0.05) is 17.7 Å². The van der Waals surface area contributed by atoms with Crippen molar-refractivity contribution in [1.82, 2.24) is 0 Å². The minimum Gasteiger partial charge on any atom is -0.207 e. The Balaban J connectivity index is 2.23. The second kappa shape index (κ2) is 5.87. The maximum absolute atomic E-state index is 13.5. The number of halogens is 5. The van der Waals surface area contributed by atoms with E-state index in [2.05, 4.69) is 15.9 Å². The maximum Gasteiger partial charge on any atom is 0.129 e. The van der Waals surface area contributed by atoms with Crippen LogP contribution in [0.15, 0.2) is 28.7 Å². The standard InChI is InChI=1S/C12H7BrCl2F2S/c13-7-5-11(18-12(7)15)8(14)4-6-9(16)2-1-3-10(6)17/h1-3,5,8H,4H2. The fourth-order valence-electron chi connectivity index (χ4n) is 1.52. The molecule has 0 radical (unpaired) electrons. The fourth-order valence-corrected chi connectivity index (χ4v) is 3.59. The van der Waals surface area contributed by atoms with E-state index in [-0.39, 0.29) is 12.0 Å². The summed E-state index contributed by atoms with van der Waals surface area (Å²) in [7, 11) is 0. The van der Waals surface area contributed by atoms with Crippen molar-refractivity contribution < 1.29 is 8.78 Å². The Morgan fingerprint density at radius 2 is 1.89 bits per heavy atom. The summed E-state index contributed by atoms with van der Waals surface area (Å²) in [6.45, 7) is 0. The van der Waals surface area contributed by atoms with Crippen molar-refractivity contribution in [3.8, 4) is 0 Å². The predicted molar refractivity (Wildman–Crippen MR) is 75.7 cm³/mol. The molecule has 0 amide bonds. The average molecular weight is 372 g/mol. The molecule has 2 aromatic rings. The van der Waals surface area contributed by atoms with Crippen molar-refractivity contribution in [2.75, 3.05) is 0 Å². The average Bonchev–Trinajstić information content (AvgIpc) is 2.64. The van der Waals surface area contributed by atoms with Gasteiger partial charge in [-0.15, -0.1) is 22.9 Å². The molecule has 2 rings (SSSR count). The summed E-state index contributed by atoms with van der Waals surface area (Å²) < 4.78 is 28.3. The summed E-state index contributed by atoms with van der Waals surface area (Å²) in [6, 6.07) is 5.54.